The first-order valence-electron chi connectivity index (χ1n) is 11.1. The Morgan fingerprint density at radius 1 is 1.00 bits per heavy atom. The van der Waals surface area contributed by atoms with E-state index in [9.17, 15) is 5.11 Å². The average molecular weight is 489 g/mol. The number of phenols is 1. The minimum absolute atomic E-state index is 0.133. The van der Waals surface area contributed by atoms with Gasteiger partial charge in [-0.2, -0.15) is 0 Å². The van der Waals surface area contributed by atoms with Crippen LogP contribution in [0, 0.1) is 20.8 Å². The highest BCUT2D eigenvalue weighted by molar-refractivity contribution is 7.80. The number of phenolic OH excluding ortho intramolecular Hbond substituents is 1. The smallest absolute Gasteiger partial charge is 0.174 e. The molecule has 0 bridgehead atoms. The van der Waals surface area contributed by atoms with E-state index in [2.05, 4.69) is 46.6 Å². The summed E-state index contributed by atoms with van der Waals surface area (Å²) < 4.78 is 2.25. The van der Waals surface area contributed by atoms with E-state index in [1.807, 2.05) is 48.5 Å². The van der Waals surface area contributed by atoms with Crippen molar-refractivity contribution in [3.05, 3.63) is 106 Å². The minimum Gasteiger partial charge on any atom is -0.508 e. The Bertz CT molecular complexity index is 1370. The van der Waals surface area contributed by atoms with Gasteiger partial charge in [-0.05, 0) is 98.7 Å². The monoisotopic (exact) mass is 488 g/mol. The number of rotatable bonds is 4. The summed E-state index contributed by atoms with van der Waals surface area (Å²) >= 11 is 12.2. The van der Waals surface area contributed by atoms with Crippen molar-refractivity contribution in [1.82, 2.24) is 14.9 Å². The second-order valence-electron chi connectivity index (χ2n) is 8.61. The number of thiocarbonyl (C=S) groups is 1. The highest BCUT2D eigenvalue weighted by atomic mass is 35.5. The summed E-state index contributed by atoms with van der Waals surface area (Å²) in [4.78, 5) is 6.76. The Morgan fingerprint density at radius 3 is 2.47 bits per heavy atom. The van der Waals surface area contributed by atoms with Crippen LogP contribution in [0.2, 0.25) is 5.02 Å². The van der Waals surface area contributed by atoms with Gasteiger partial charge in [0.1, 0.15) is 5.75 Å². The van der Waals surface area contributed by atoms with Crippen LogP contribution in [0.5, 0.6) is 5.75 Å². The Labute approximate surface area is 209 Å². The van der Waals surface area contributed by atoms with Gasteiger partial charge in [0.25, 0.3) is 0 Å². The number of hydrogen-bond donors (Lipinski definition) is 2. The molecule has 2 aromatic heterocycles. The molecular formula is C27H25ClN4OS. The average Bonchev–Trinajstić information content (AvgIpc) is 3.32. The number of aromatic nitrogens is 2. The van der Waals surface area contributed by atoms with Crippen molar-refractivity contribution in [2.45, 2.75) is 32.9 Å². The summed E-state index contributed by atoms with van der Waals surface area (Å²) in [7, 11) is 0. The van der Waals surface area contributed by atoms with Gasteiger partial charge >= 0.3 is 0 Å². The molecule has 172 valence electrons. The van der Waals surface area contributed by atoms with Gasteiger partial charge < -0.3 is 19.9 Å². The summed E-state index contributed by atoms with van der Waals surface area (Å²) in [5.74, 6) is 0.217. The molecule has 1 saturated heterocycles. The summed E-state index contributed by atoms with van der Waals surface area (Å²) in [6.07, 6.45) is 1.80. The van der Waals surface area contributed by atoms with Crippen LogP contribution in [0.15, 0.2) is 72.9 Å². The SMILES string of the molecule is Cc1ccc(Cl)cc1-n1c(C)cc([C@H]2[C@@H](c3ccccn3)NC(=S)N2c2ccc(O)cc2)c1C. The van der Waals surface area contributed by atoms with E-state index in [0.717, 1.165) is 39.6 Å². The first-order chi connectivity index (χ1) is 16.3. The van der Waals surface area contributed by atoms with Gasteiger partial charge in [-0.15, -0.1) is 0 Å². The lowest BCUT2D eigenvalue weighted by Crippen LogP contribution is -2.29. The van der Waals surface area contributed by atoms with Crippen LogP contribution in [0.1, 0.15) is 40.3 Å². The highest BCUT2D eigenvalue weighted by Crippen LogP contribution is 2.44. The van der Waals surface area contributed by atoms with Crippen LogP contribution < -0.4 is 10.2 Å². The van der Waals surface area contributed by atoms with Gasteiger partial charge in [0.15, 0.2) is 5.11 Å². The fourth-order valence-corrected chi connectivity index (χ4v) is 5.36. The van der Waals surface area contributed by atoms with Gasteiger partial charge in [-0.1, -0.05) is 23.7 Å². The topological polar surface area (TPSA) is 53.3 Å². The fourth-order valence-electron chi connectivity index (χ4n) is 4.84. The van der Waals surface area contributed by atoms with Gasteiger partial charge in [-0.3, -0.25) is 4.98 Å². The first-order valence-corrected chi connectivity index (χ1v) is 11.9. The molecule has 0 amide bonds. The molecule has 0 spiro atoms. The van der Waals surface area contributed by atoms with Crippen LogP contribution in [0.3, 0.4) is 0 Å². The molecule has 0 radical (unpaired) electrons. The molecule has 0 saturated carbocycles. The molecule has 34 heavy (non-hydrogen) atoms. The maximum atomic E-state index is 9.85. The van der Waals surface area contributed by atoms with Crippen LogP contribution >= 0.6 is 23.8 Å². The van der Waals surface area contributed by atoms with E-state index >= 15 is 0 Å². The molecule has 2 aromatic carbocycles. The Morgan fingerprint density at radius 2 is 1.76 bits per heavy atom. The Kier molecular flexibility index (Phi) is 5.80. The molecule has 0 unspecified atom stereocenters. The largest absolute Gasteiger partial charge is 0.508 e. The van der Waals surface area contributed by atoms with Crippen molar-refractivity contribution in [3.8, 4) is 11.4 Å². The van der Waals surface area contributed by atoms with Gasteiger partial charge in [-0.25, -0.2) is 0 Å². The molecule has 2 N–H and O–H groups in total. The minimum atomic E-state index is -0.142. The Balaban J connectivity index is 1.70. The van der Waals surface area contributed by atoms with Crippen LogP contribution in [-0.4, -0.2) is 19.8 Å². The van der Waals surface area contributed by atoms with Crippen molar-refractivity contribution < 1.29 is 5.11 Å². The van der Waals surface area contributed by atoms with Crippen LogP contribution in [0.4, 0.5) is 5.69 Å². The second kappa shape index (κ2) is 8.78. The summed E-state index contributed by atoms with van der Waals surface area (Å²) in [6.45, 7) is 6.34. The second-order valence-corrected chi connectivity index (χ2v) is 9.43. The summed E-state index contributed by atoms with van der Waals surface area (Å²) in [6, 6.07) is 21.0. The lowest BCUT2D eigenvalue weighted by atomic mass is 9.96. The van der Waals surface area contributed by atoms with E-state index in [1.165, 1.54) is 0 Å². The van der Waals surface area contributed by atoms with E-state index in [1.54, 1.807) is 18.3 Å². The van der Waals surface area contributed by atoms with Crippen molar-refractivity contribution >= 4 is 34.6 Å². The number of anilines is 1. The third kappa shape index (κ3) is 3.83. The zero-order chi connectivity index (χ0) is 24.0. The molecule has 2 atom stereocenters. The van der Waals surface area contributed by atoms with Crippen molar-refractivity contribution in [3.63, 3.8) is 0 Å². The molecule has 3 heterocycles. The predicted molar refractivity (Wildman–Crippen MR) is 141 cm³/mol. The molecule has 5 rings (SSSR count). The lowest BCUT2D eigenvalue weighted by Gasteiger charge is -2.28. The molecule has 1 aliphatic heterocycles. The standard InChI is InChI=1S/C27H25ClN4OS/c1-16-7-8-19(28)15-24(16)31-17(2)14-22(18(31)3)26-25(23-6-4-5-13-29-23)30-27(34)32(26)20-9-11-21(33)12-10-20/h4-15,25-26,33H,1-3H3,(H,30,34)/t25-,26+/m1/s1. The number of pyridine rings is 1. The van der Waals surface area contributed by atoms with Crippen LogP contribution in [0.25, 0.3) is 5.69 Å². The molecule has 4 aromatic rings. The van der Waals surface area contributed by atoms with E-state index in [4.69, 9.17) is 23.8 Å². The molecule has 1 aliphatic rings. The zero-order valence-electron chi connectivity index (χ0n) is 19.2. The third-order valence-electron chi connectivity index (χ3n) is 6.43. The van der Waals surface area contributed by atoms with E-state index < -0.39 is 0 Å². The highest BCUT2D eigenvalue weighted by Gasteiger charge is 2.42. The number of halogens is 1. The quantitative estimate of drug-likeness (QED) is 0.328. The van der Waals surface area contributed by atoms with Crippen molar-refractivity contribution in [2.75, 3.05) is 4.90 Å². The Hall–Kier alpha value is -3.35. The number of nitrogens with one attached hydrogen (secondary N) is 1. The maximum Gasteiger partial charge on any atom is 0.174 e. The number of aryl methyl sites for hydroxylation is 2. The van der Waals surface area contributed by atoms with Crippen LogP contribution in [-0.2, 0) is 0 Å². The predicted octanol–water partition coefficient (Wildman–Crippen LogP) is 6.33. The van der Waals surface area contributed by atoms with E-state index in [0.29, 0.717) is 10.1 Å². The number of nitrogens with zero attached hydrogens (tertiary/aromatic N) is 3. The van der Waals surface area contributed by atoms with Crippen molar-refractivity contribution in [1.29, 1.82) is 0 Å². The first kappa shape index (κ1) is 22.4. The fraction of sp³-hybridized carbons (Fsp3) is 0.185. The number of hydrogen-bond acceptors (Lipinski definition) is 3. The normalized spacial score (nSPS) is 17.8. The molecule has 5 nitrogen and oxygen atoms in total. The number of aromatic hydroxyl groups is 1. The van der Waals surface area contributed by atoms with Gasteiger partial charge in [0.05, 0.1) is 17.8 Å². The lowest BCUT2D eigenvalue weighted by molar-refractivity contribution is 0.475. The van der Waals surface area contributed by atoms with Gasteiger partial charge in [0.2, 0.25) is 0 Å². The van der Waals surface area contributed by atoms with Crippen molar-refractivity contribution in [2.24, 2.45) is 0 Å². The molecule has 1 fully saturated rings. The summed E-state index contributed by atoms with van der Waals surface area (Å²) in [5, 5.41) is 14.7. The molecular weight excluding hydrogens is 464 g/mol. The summed E-state index contributed by atoms with van der Waals surface area (Å²) in [5.41, 5.74) is 7.41. The van der Waals surface area contributed by atoms with E-state index in [-0.39, 0.29) is 17.8 Å². The zero-order valence-corrected chi connectivity index (χ0v) is 20.7. The maximum absolute atomic E-state index is 9.85. The molecule has 0 aliphatic carbocycles. The van der Waals surface area contributed by atoms with Gasteiger partial charge in [0, 0.05) is 34.0 Å². The molecule has 7 heteroatoms. The number of benzene rings is 2. The third-order valence-corrected chi connectivity index (χ3v) is 6.98.